The van der Waals surface area contributed by atoms with E-state index in [9.17, 15) is 4.79 Å². The fourth-order valence-electron chi connectivity index (χ4n) is 1.80. The molecule has 3 rings (SSSR count). The van der Waals surface area contributed by atoms with Crippen LogP contribution < -0.4 is 5.32 Å². The Balaban J connectivity index is 1.88. The Labute approximate surface area is 118 Å². The van der Waals surface area contributed by atoms with Gasteiger partial charge < -0.3 is 5.32 Å². The molecule has 1 aromatic carbocycles. The fraction of sp³-hybridized carbons (Fsp3) is 0. The van der Waals surface area contributed by atoms with Gasteiger partial charge in [0.15, 0.2) is 0 Å². The molecule has 1 amide bonds. The molecule has 3 aromatic rings. The van der Waals surface area contributed by atoms with E-state index in [2.05, 4.69) is 10.3 Å². The summed E-state index contributed by atoms with van der Waals surface area (Å²) in [4.78, 5) is 16.0. The van der Waals surface area contributed by atoms with Crippen molar-refractivity contribution >= 4 is 44.6 Å². The standard InChI is InChI=1S/C14H9ClN2OS/c15-13-11(2-1-6-16-13)14(18)17-10-3-4-12-9(8-10)5-7-19-12/h1-8H,(H,17,18). The highest BCUT2D eigenvalue weighted by Crippen LogP contribution is 2.24. The van der Waals surface area contributed by atoms with Crippen LogP contribution in [-0.4, -0.2) is 10.9 Å². The van der Waals surface area contributed by atoms with Gasteiger partial charge in [0.25, 0.3) is 5.91 Å². The van der Waals surface area contributed by atoms with Gasteiger partial charge in [0.05, 0.1) is 5.56 Å². The van der Waals surface area contributed by atoms with Gasteiger partial charge in [-0.2, -0.15) is 0 Å². The summed E-state index contributed by atoms with van der Waals surface area (Å²) in [5.41, 5.74) is 1.12. The molecule has 2 heterocycles. The molecular formula is C14H9ClN2OS. The molecule has 0 fully saturated rings. The number of hydrogen-bond donors (Lipinski definition) is 1. The predicted molar refractivity (Wildman–Crippen MR) is 79.0 cm³/mol. The lowest BCUT2D eigenvalue weighted by Gasteiger charge is -2.06. The Morgan fingerprint density at radius 2 is 2.16 bits per heavy atom. The molecule has 5 heteroatoms. The number of benzene rings is 1. The Hall–Kier alpha value is -1.91. The van der Waals surface area contributed by atoms with Crippen LogP contribution in [-0.2, 0) is 0 Å². The zero-order chi connectivity index (χ0) is 13.2. The molecule has 0 saturated carbocycles. The number of nitrogens with one attached hydrogen (secondary N) is 1. The fourth-order valence-corrected chi connectivity index (χ4v) is 2.77. The van der Waals surface area contributed by atoms with E-state index in [0.29, 0.717) is 5.56 Å². The van der Waals surface area contributed by atoms with E-state index < -0.39 is 0 Å². The Morgan fingerprint density at radius 1 is 1.26 bits per heavy atom. The second kappa shape index (κ2) is 4.99. The molecule has 0 aliphatic rings. The Kier molecular flexibility index (Phi) is 3.19. The van der Waals surface area contributed by atoms with E-state index in [1.165, 1.54) is 4.70 Å². The monoisotopic (exact) mass is 288 g/mol. The van der Waals surface area contributed by atoms with Crippen molar-refractivity contribution in [1.29, 1.82) is 0 Å². The number of aromatic nitrogens is 1. The summed E-state index contributed by atoms with van der Waals surface area (Å²) in [7, 11) is 0. The number of halogens is 1. The first-order chi connectivity index (χ1) is 9.24. The lowest BCUT2D eigenvalue weighted by molar-refractivity contribution is 0.102. The molecule has 0 aliphatic heterocycles. The Morgan fingerprint density at radius 3 is 3.00 bits per heavy atom. The third kappa shape index (κ3) is 2.45. The van der Waals surface area contributed by atoms with Crippen LogP contribution in [0.1, 0.15) is 10.4 Å². The normalized spacial score (nSPS) is 10.6. The van der Waals surface area contributed by atoms with Crippen LogP contribution in [0.3, 0.4) is 0 Å². The van der Waals surface area contributed by atoms with E-state index in [-0.39, 0.29) is 11.1 Å². The number of nitrogens with zero attached hydrogens (tertiary/aromatic N) is 1. The van der Waals surface area contributed by atoms with E-state index in [1.807, 2.05) is 29.6 Å². The van der Waals surface area contributed by atoms with Gasteiger partial charge in [-0.25, -0.2) is 4.98 Å². The van der Waals surface area contributed by atoms with Crippen molar-refractivity contribution in [2.75, 3.05) is 5.32 Å². The number of amides is 1. The van der Waals surface area contributed by atoms with Crippen molar-refractivity contribution in [2.45, 2.75) is 0 Å². The predicted octanol–water partition coefficient (Wildman–Crippen LogP) is 4.20. The number of rotatable bonds is 2. The average Bonchev–Trinajstić information content (AvgIpc) is 2.86. The molecule has 3 nitrogen and oxygen atoms in total. The van der Waals surface area contributed by atoms with E-state index in [0.717, 1.165) is 11.1 Å². The van der Waals surface area contributed by atoms with Gasteiger partial charge in [0.2, 0.25) is 0 Å². The number of thiophene rings is 1. The summed E-state index contributed by atoms with van der Waals surface area (Å²) in [6.45, 7) is 0. The summed E-state index contributed by atoms with van der Waals surface area (Å²) in [6.07, 6.45) is 1.55. The maximum absolute atomic E-state index is 12.1. The summed E-state index contributed by atoms with van der Waals surface area (Å²) in [5, 5.41) is 6.16. The first-order valence-corrected chi connectivity index (χ1v) is 6.89. The van der Waals surface area contributed by atoms with Crippen LogP contribution in [0.15, 0.2) is 48.0 Å². The quantitative estimate of drug-likeness (QED) is 0.718. The zero-order valence-electron chi connectivity index (χ0n) is 9.76. The number of hydrogen-bond acceptors (Lipinski definition) is 3. The molecule has 0 bridgehead atoms. The number of pyridine rings is 1. The minimum Gasteiger partial charge on any atom is -0.322 e. The molecule has 0 saturated heterocycles. The van der Waals surface area contributed by atoms with Gasteiger partial charge in [-0.1, -0.05) is 11.6 Å². The third-order valence-corrected chi connectivity index (χ3v) is 3.91. The Bertz CT molecular complexity index is 754. The van der Waals surface area contributed by atoms with Gasteiger partial charge in [-0.15, -0.1) is 11.3 Å². The molecule has 0 aliphatic carbocycles. The minimum atomic E-state index is -0.257. The van der Waals surface area contributed by atoms with Crippen molar-refractivity contribution in [3.8, 4) is 0 Å². The number of fused-ring (bicyclic) bond motifs is 1. The zero-order valence-corrected chi connectivity index (χ0v) is 11.3. The minimum absolute atomic E-state index is 0.205. The first kappa shape index (κ1) is 12.1. The van der Waals surface area contributed by atoms with Crippen molar-refractivity contribution in [1.82, 2.24) is 4.98 Å². The second-order valence-electron chi connectivity index (χ2n) is 3.97. The first-order valence-electron chi connectivity index (χ1n) is 5.63. The van der Waals surface area contributed by atoms with Crippen LogP contribution in [0.4, 0.5) is 5.69 Å². The molecule has 0 radical (unpaired) electrons. The topological polar surface area (TPSA) is 42.0 Å². The van der Waals surface area contributed by atoms with Gasteiger partial charge in [0, 0.05) is 16.6 Å². The molecule has 1 N–H and O–H groups in total. The van der Waals surface area contributed by atoms with Crippen LogP contribution in [0.2, 0.25) is 5.15 Å². The number of carbonyl (C=O) groups is 1. The van der Waals surface area contributed by atoms with Crippen LogP contribution >= 0.6 is 22.9 Å². The smallest absolute Gasteiger partial charge is 0.258 e. The molecular weight excluding hydrogens is 280 g/mol. The number of anilines is 1. The van der Waals surface area contributed by atoms with Gasteiger partial charge in [-0.05, 0) is 47.2 Å². The summed E-state index contributed by atoms with van der Waals surface area (Å²) in [5.74, 6) is -0.257. The van der Waals surface area contributed by atoms with Crippen LogP contribution in [0.25, 0.3) is 10.1 Å². The number of carbonyl (C=O) groups excluding carboxylic acids is 1. The van der Waals surface area contributed by atoms with Crippen molar-refractivity contribution in [3.05, 3.63) is 58.7 Å². The highest BCUT2D eigenvalue weighted by Gasteiger charge is 2.11. The molecule has 19 heavy (non-hydrogen) atoms. The molecule has 2 aromatic heterocycles. The second-order valence-corrected chi connectivity index (χ2v) is 5.27. The van der Waals surface area contributed by atoms with E-state index in [4.69, 9.17) is 11.6 Å². The maximum Gasteiger partial charge on any atom is 0.258 e. The van der Waals surface area contributed by atoms with Crippen LogP contribution in [0.5, 0.6) is 0 Å². The average molecular weight is 289 g/mol. The third-order valence-electron chi connectivity index (χ3n) is 2.71. The van der Waals surface area contributed by atoms with Crippen molar-refractivity contribution in [3.63, 3.8) is 0 Å². The van der Waals surface area contributed by atoms with E-state index >= 15 is 0 Å². The van der Waals surface area contributed by atoms with Crippen molar-refractivity contribution in [2.24, 2.45) is 0 Å². The largest absolute Gasteiger partial charge is 0.322 e. The highest BCUT2D eigenvalue weighted by molar-refractivity contribution is 7.17. The highest BCUT2D eigenvalue weighted by atomic mass is 35.5. The summed E-state index contributed by atoms with van der Waals surface area (Å²) >= 11 is 7.56. The van der Waals surface area contributed by atoms with Gasteiger partial charge >= 0.3 is 0 Å². The molecule has 94 valence electrons. The van der Waals surface area contributed by atoms with Crippen LogP contribution in [0, 0.1) is 0 Å². The lowest BCUT2D eigenvalue weighted by atomic mass is 10.2. The SMILES string of the molecule is O=C(Nc1ccc2sccc2c1)c1cccnc1Cl. The van der Waals surface area contributed by atoms with Gasteiger partial charge in [0.1, 0.15) is 5.15 Å². The van der Waals surface area contributed by atoms with Gasteiger partial charge in [-0.3, -0.25) is 4.79 Å². The molecule has 0 spiro atoms. The maximum atomic E-state index is 12.1. The molecule has 0 atom stereocenters. The van der Waals surface area contributed by atoms with E-state index in [1.54, 1.807) is 29.7 Å². The van der Waals surface area contributed by atoms with Crippen molar-refractivity contribution < 1.29 is 4.79 Å². The summed E-state index contributed by atoms with van der Waals surface area (Å²) < 4.78 is 1.19. The lowest BCUT2D eigenvalue weighted by Crippen LogP contribution is -2.12. The molecule has 0 unspecified atom stereocenters. The summed E-state index contributed by atoms with van der Waals surface area (Å²) in [6, 6.07) is 11.2.